The standard InChI is InChI=1S/C25H21BrN2O5S/c1-27-34(31,32)19-11-8-16(9-12-19)15-28-23(25(30)33-2)22(17-6-4-3-5-7-17)21-14-18(26)10-13-20(21)24(28)29/h3-14,27H,15H2,1-2H3. The number of nitrogens with one attached hydrogen (secondary N) is 1. The SMILES string of the molecule is CNS(=O)(=O)c1ccc(Cn2c(C(=O)OC)c(-c3ccccc3)c3cc(Br)ccc3c2=O)cc1. The first kappa shape index (κ1) is 23.9. The summed E-state index contributed by atoms with van der Waals surface area (Å²) in [6, 6.07) is 20.8. The number of methoxy groups -OCH3 is 1. The zero-order chi connectivity index (χ0) is 24.5. The molecule has 0 fully saturated rings. The van der Waals surface area contributed by atoms with Crippen LogP contribution in [0.3, 0.4) is 0 Å². The molecular formula is C25H21BrN2O5S. The van der Waals surface area contributed by atoms with Crippen molar-refractivity contribution in [2.24, 2.45) is 0 Å². The first-order valence-corrected chi connectivity index (χ1v) is 12.6. The van der Waals surface area contributed by atoms with Gasteiger partial charge in [-0.2, -0.15) is 0 Å². The number of hydrogen-bond acceptors (Lipinski definition) is 5. The quantitative estimate of drug-likeness (QED) is 0.370. The van der Waals surface area contributed by atoms with Gasteiger partial charge in [0, 0.05) is 15.4 Å². The number of esters is 1. The average Bonchev–Trinajstić information content (AvgIpc) is 2.85. The van der Waals surface area contributed by atoms with E-state index in [-0.39, 0.29) is 22.7 Å². The minimum absolute atomic E-state index is 0.0506. The van der Waals surface area contributed by atoms with Crippen LogP contribution in [0.2, 0.25) is 0 Å². The van der Waals surface area contributed by atoms with Crippen molar-refractivity contribution in [3.05, 3.63) is 98.9 Å². The maximum absolute atomic E-state index is 13.6. The maximum atomic E-state index is 13.6. The summed E-state index contributed by atoms with van der Waals surface area (Å²) in [5, 5.41) is 1.07. The Morgan fingerprint density at radius 3 is 2.29 bits per heavy atom. The van der Waals surface area contributed by atoms with Crippen LogP contribution < -0.4 is 10.3 Å². The number of fused-ring (bicyclic) bond motifs is 1. The van der Waals surface area contributed by atoms with Gasteiger partial charge >= 0.3 is 5.97 Å². The van der Waals surface area contributed by atoms with Gasteiger partial charge in [0.15, 0.2) is 0 Å². The summed E-state index contributed by atoms with van der Waals surface area (Å²) in [5.41, 5.74) is 1.76. The fourth-order valence-corrected chi connectivity index (χ4v) is 4.94. The van der Waals surface area contributed by atoms with Crippen LogP contribution >= 0.6 is 15.9 Å². The Bertz CT molecular complexity index is 1550. The molecule has 0 radical (unpaired) electrons. The summed E-state index contributed by atoms with van der Waals surface area (Å²) in [4.78, 5) is 26.7. The highest BCUT2D eigenvalue weighted by atomic mass is 79.9. The lowest BCUT2D eigenvalue weighted by Crippen LogP contribution is -2.28. The third-order valence-corrected chi connectivity index (χ3v) is 7.44. The van der Waals surface area contributed by atoms with Crippen LogP contribution in [0, 0.1) is 0 Å². The third-order valence-electron chi connectivity index (χ3n) is 5.52. The van der Waals surface area contributed by atoms with Gasteiger partial charge in [-0.05, 0) is 53.9 Å². The van der Waals surface area contributed by atoms with Crippen molar-refractivity contribution in [3.63, 3.8) is 0 Å². The molecule has 1 aromatic heterocycles. The molecule has 0 spiro atoms. The van der Waals surface area contributed by atoms with Crippen LogP contribution in [0.15, 0.2) is 87.0 Å². The van der Waals surface area contributed by atoms with E-state index >= 15 is 0 Å². The van der Waals surface area contributed by atoms with Gasteiger partial charge in [0.1, 0.15) is 5.69 Å². The van der Waals surface area contributed by atoms with Crippen molar-refractivity contribution in [1.82, 2.24) is 9.29 Å². The van der Waals surface area contributed by atoms with Gasteiger partial charge in [0.25, 0.3) is 5.56 Å². The number of carbonyl (C=O) groups is 1. The number of carbonyl (C=O) groups excluding carboxylic acids is 1. The second kappa shape index (κ2) is 9.54. The second-order valence-electron chi connectivity index (χ2n) is 7.51. The van der Waals surface area contributed by atoms with Crippen molar-refractivity contribution in [2.75, 3.05) is 14.2 Å². The number of hydrogen-bond donors (Lipinski definition) is 1. The van der Waals surface area contributed by atoms with Crippen molar-refractivity contribution in [2.45, 2.75) is 11.4 Å². The Labute approximate surface area is 205 Å². The number of pyridine rings is 1. The van der Waals surface area contributed by atoms with E-state index in [4.69, 9.17) is 4.74 Å². The van der Waals surface area contributed by atoms with Crippen LogP contribution in [-0.4, -0.2) is 33.1 Å². The van der Waals surface area contributed by atoms with Gasteiger partial charge < -0.3 is 4.74 Å². The molecule has 0 unspecified atom stereocenters. The number of aromatic nitrogens is 1. The molecule has 0 aliphatic heterocycles. The van der Waals surface area contributed by atoms with E-state index in [1.807, 2.05) is 36.4 Å². The topological polar surface area (TPSA) is 94.5 Å². The Morgan fingerprint density at radius 1 is 1.00 bits per heavy atom. The van der Waals surface area contributed by atoms with E-state index in [9.17, 15) is 18.0 Å². The normalized spacial score (nSPS) is 11.5. The van der Waals surface area contributed by atoms with Crippen LogP contribution in [0.1, 0.15) is 16.1 Å². The summed E-state index contributed by atoms with van der Waals surface area (Å²) < 4.78 is 33.6. The van der Waals surface area contributed by atoms with Gasteiger partial charge in [-0.1, -0.05) is 58.4 Å². The molecule has 34 heavy (non-hydrogen) atoms. The molecule has 9 heteroatoms. The molecule has 0 saturated heterocycles. The third kappa shape index (κ3) is 4.42. The largest absolute Gasteiger partial charge is 0.464 e. The highest BCUT2D eigenvalue weighted by Crippen LogP contribution is 2.33. The van der Waals surface area contributed by atoms with Gasteiger partial charge in [-0.3, -0.25) is 9.36 Å². The summed E-state index contributed by atoms with van der Waals surface area (Å²) in [5.74, 6) is -0.646. The zero-order valence-electron chi connectivity index (χ0n) is 18.4. The lowest BCUT2D eigenvalue weighted by Gasteiger charge is -2.19. The summed E-state index contributed by atoms with van der Waals surface area (Å²) in [6.45, 7) is 0.0506. The number of nitrogens with zero attached hydrogens (tertiary/aromatic N) is 1. The minimum Gasteiger partial charge on any atom is -0.464 e. The highest BCUT2D eigenvalue weighted by molar-refractivity contribution is 9.10. The van der Waals surface area contributed by atoms with E-state index in [0.29, 0.717) is 21.9 Å². The Balaban J connectivity index is 2.00. The summed E-state index contributed by atoms with van der Waals surface area (Å²) in [6.07, 6.45) is 0. The summed E-state index contributed by atoms with van der Waals surface area (Å²) >= 11 is 3.46. The molecule has 7 nitrogen and oxygen atoms in total. The van der Waals surface area contributed by atoms with E-state index in [2.05, 4.69) is 20.7 Å². The molecule has 174 valence electrons. The van der Waals surface area contributed by atoms with Gasteiger partial charge in [0.2, 0.25) is 10.0 Å². The minimum atomic E-state index is -3.59. The number of ether oxygens (including phenoxy) is 1. The van der Waals surface area contributed by atoms with Gasteiger partial charge in [-0.15, -0.1) is 0 Å². The highest BCUT2D eigenvalue weighted by Gasteiger charge is 2.24. The molecule has 0 amide bonds. The van der Waals surface area contributed by atoms with Gasteiger partial charge in [-0.25, -0.2) is 17.9 Å². The van der Waals surface area contributed by atoms with E-state index in [1.165, 1.54) is 30.9 Å². The molecule has 0 aliphatic rings. The predicted octanol–water partition coefficient (Wildman–Crippen LogP) is 4.17. The van der Waals surface area contributed by atoms with Crippen LogP contribution in [-0.2, 0) is 21.3 Å². The van der Waals surface area contributed by atoms with Crippen molar-refractivity contribution in [1.29, 1.82) is 0 Å². The van der Waals surface area contributed by atoms with E-state index in [0.717, 1.165) is 10.0 Å². The zero-order valence-corrected chi connectivity index (χ0v) is 20.8. The molecule has 0 atom stereocenters. The predicted molar refractivity (Wildman–Crippen MR) is 134 cm³/mol. The van der Waals surface area contributed by atoms with E-state index < -0.39 is 16.0 Å². The number of halogens is 1. The maximum Gasteiger partial charge on any atom is 0.355 e. The summed E-state index contributed by atoms with van der Waals surface area (Å²) in [7, 11) is -0.985. The molecule has 4 aromatic rings. The first-order valence-electron chi connectivity index (χ1n) is 10.3. The second-order valence-corrected chi connectivity index (χ2v) is 10.3. The molecular weight excluding hydrogens is 520 g/mol. The van der Waals surface area contributed by atoms with Crippen molar-refractivity contribution >= 4 is 42.7 Å². The fraction of sp³-hybridized carbons (Fsp3) is 0.120. The van der Waals surface area contributed by atoms with Crippen LogP contribution in [0.25, 0.3) is 21.9 Å². The lowest BCUT2D eigenvalue weighted by atomic mass is 9.96. The Morgan fingerprint density at radius 2 is 1.68 bits per heavy atom. The number of sulfonamides is 1. The average molecular weight is 541 g/mol. The monoisotopic (exact) mass is 540 g/mol. The molecule has 1 heterocycles. The molecule has 4 rings (SSSR count). The smallest absolute Gasteiger partial charge is 0.355 e. The van der Waals surface area contributed by atoms with E-state index in [1.54, 1.807) is 24.3 Å². The lowest BCUT2D eigenvalue weighted by molar-refractivity contribution is 0.0588. The number of benzene rings is 3. The van der Waals surface area contributed by atoms with Crippen LogP contribution in [0.5, 0.6) is 0 Å². The van der Waals surface area contributed by atoms with Crippen molar-refractivity contribution < 1.29 is 17.9 Å². The molecule has 0 bridgehead atoms. The molecule has 0 saturated carbocycles. The van der Waals surface area contributed by atoms with Crippen molar-refractivity contribution in [3.8, 4) is 11.1 Å². The Kier molecular flexibility index (Phi) is 6.70. The Hall–Kier alpha value is -3.27. The number of rotatable bonds is 6. The molecule has 3 aromatic carbocycles. The van der Waals surface area contributed by atoms with Gasteiger partial charge in [0.05, 0.1) is 18.6 Å². The first-order chi connectivity index (χ1) is 16.3. The molecule has 0 aliphatic carbocycles. The van der Waals surface area contributed by atoms with Crippen LogP contribution in [0.4, 0.5) is 0 Å². The fourth-order valence-electron chi connectivity index (χ4n) is 3.85. The molecule has 1 N–H and O–H groups in total.